The number of halogens is 3. The normalized spacial score (nSPS) is 14.8. The fourth-order valence-corrected chi connectivity index (χ4v) is 1.91. The fourth-order valence-electron chi connectivity index (χ4n) is 1.91. The number of carbonyl (C=O) groups is 1. The van der Waals surface area contributed by atoms with Gasteiger partial charge in [0.15, 0.2) is 0 Å². The molecule has 0 fully saturated rings. The average Bonchev–Trinajstić information content (AvgIpc) is 2.86. The second kappa shape index (κ2) is 6.29. The summed E-state index contributed by atoms with van der Waals surface area (Å²) < 4.78 is 40.1. The van der Waals surface area contributed by atoms with Gasteiger partial charge in [0.05, 0.1) is 11.4 Å². The number of benzene rings is 1. The maximum atomic E-state index is 12.1. The Bertz CT molecular complexity index is 617. The molecule has 0 saturated heterocycles. The van der Waals surface area contributed by atoms with Crippen molar-refractivity contribution >= 4 is 17.2 Å². The third-order valence-corrected chi connectivity index (χ3v) is 3.13. The van der Waals surface area contributed by atoms with Gasteiger partial charge in [-0.25, -0.2) is 0 Å². The van der Waals surface area contributed by atoms with E-state index in [1.165, 1.54) is 24.3 Å². The van der Waals surface area contributed by atoms with Crippen molar-refractivity contribution in [3.8, 4) is 5.75 Å². The molecule has 118 valence electrons. The van der Waals surface area contributed by atoms with Gasteiger partial charge in [-0.1, -0.05) is 13.8 Å². The molecular weight excluding hydrogens is 297 g/mol. The van der Waals surface area contributed by atoms with Crippen molar-refractivity contribution in [1.82, 2.24) is 0 Å². The molecule has 0 unspecified atom stereocenters. The van der Waals surface area contributed by atoms with Gasteiger partial charge in [-0.3, -0.25) is 4.79 Å². The molecule has 1 aliphatic heterocycles. The quantitative estimate of drug-likeness (QED) is 0.831. The first-order chi connectivity index (χ1) is 10.2. The Balaban J connectivity index is 1.96. The SMILES string of the molecule is CC(C)C(=O)CC1=NN=C(c2ccc(OC(F)(F)F)cc2)C1. The van der Waals surface area contributed by atoms with Crippen LogP contribution in [0.4, 0.5) is 13.2 Å². The van der Waals surface area contributed by atoms with E-state index in [-0.39, 0.29) is 23.9 Å². The highest BCUT2D eigenvalue weighted by Gasteiger charge is 2.31. The third-order valence-electron chi connectivity index (χ3n) is 3.13. The Morgan fingerprint density at radius 1 is 1.23 bits per heavy atom. The fraction of sp³-hybridized carbons (Fsp3) is 0.400. The Kier molecular flexibility index (Phi) is 4.63. The van der Waals surface area contributed by atoms with Gasteiger partial charge in [0.1, 0.15) is 11.5 Å². The maximum Gasteiger partial charge on any atom is 0.573 e. The van der Waals surface area contributed by atoms with Gasteiger partial charge in [-0.15, -0.1) is 13.2 Å². The third kappa shape index (κ3) is 4.41. The van der Waals surface area contributed by atoms with E-state index in [1.54, 1.807) is 0 Å². The van der Waals surface area contributed by atoms with Gasteiger partial charge in [-0.2, -0.15) is 10.2 Å². The topological polar surface area (TPSA) is 51.0 Å². The number of rotatable bonds is 5. The number of ether oxygens (including phenoxy) is 1. The molecule has 1 aromatic rings. The molecule has 0 aliphatic carbocycles. The van der Waals surface area contributed by atoms with Crippen molar-refractivity contribution in [2.24, 2.45) is 16.1 Å². The van der Waals surface area contributed by atoms with Crippen molar-refractivity contribution in [3.63, 3.8) is 0 Å². The van der Waals surface area contributed by atoms with Gasteiger partial charge in [-0.05, 0) is 29.8 Å². The zero-order chi connectivity index (χ0) is 16.3. The lowest BCUT2D eigenvalue weighted by molar-refractivity contribution is -0.274. The van der Waals surface area contributed by atoms with E-state index in [2.05, 4.69) is 14.9 Å². The minimum Gasteiger partial charge on any atom is -0.406 e. The molecule has 0 aromatic heterocycles. The van der Waals surface area contributed by atoms with E-state index in [0.717, 1.165) is 0 Å². The van der Waals surface area contributed by atoms with Crippen LogP contribution in [0, 0.1) is 5.92 Å². The molecule has 4 nitrogen and oxygen atoms in total. The number of nitrogens with zero attached hydrogens (tertiary/aromatic N) is 2. The first-order valence-electron chi connectivity index (χ1n) is 6.76. The van der Waals surface area contributed by atoms with Gasteiger partial charge in [0.25, 0.3) is 0 Å². The lowest BCUT2D eigenvalue weighted by Gasteiger charge is -2.09. The highest BCUT2D eigenvalue weighted by Crippen LogP contribution is 2.24. The molecule has 7 heteroatoms. The monoisotopic (exact) mass is 312 g/mol. The predicted octanol–water partition coefficient (Wildman–Crippen LogP) is 3.75. The summed E-state index contributed by atoms with van der Waals surface area (Å²) in [5, 5.41) is 7.96. The van der Waals surface area contributed by atoms with E-state index < -0.39 is 6.36 Å². The lowest BCUT2D eigenvalue weighted by atomic mass is 9.99. The second-order valence-corrected chi connectivity index (χ2v) is 5.26. The van der Waals surface area contributed by atoms with Crippen molar-refractivity contribution in [2.75, 3.05) is 0 Å². The first-order valence-corrected chi connectivity index (χ1v) is 6.76. The Morgan fingerprint density at radius 3 is 2.41 bits per heavy atom. The second-order valence-electron chi connectivity index (χ2n) is 5.26. The lowest BCUT2D eigenvalue weighted by Crippen LogP contribution is -2.17. The Hall–Kier alpha value is -2.18. The zero-order valence-electron chi connectivity index (χ0n) is 12.1. The Morgan fingerprint density at radius 2 is 1.86 bits per heavy atom. The van der Waals surface area contributed by atoms with Crippen LogP contribution in [-0.2, 0) is 4.79 Å². The number of hydrogen-bond acceptors (Lipinski definition) is 4. The molecule has 0 spiro atoms. The van der Waals surface area contributed by atoms with Crippen LogP contribution in [0.3, 0.4) is 0 Å². The summed E-state index contributed by atoms with van der Waals surface area (Å²) in [6, 6.07) is 5.43. The van der Waals surface area contributed by atoms with E-state index in [4.69, 9.17) is 0 Å². The first kappa shape index (κ1) is 16.2. The number of ketones is 1. The van der Waals surface area contributed by atoms with Crippen LogP contribution in [0.1, 0.15) is 32.3 Å². The summed E-state index contributed by atoms with van der Waals surface area (Å²) in [7, 11) is 0. The molecule has 0 radical (unpaired) electrons. The van der Waals surface area contributed by atoms with Crippen LogP contribution in [-0.4, -0.2) is 23.6 Å². The van der Waals surface area contributed by atoms with Crippen LogP contribution < -0.4 is 4.74 Å². The maximum absolute atomic E-state index is 12.1. The molecule has 1 heterocycles. The summed E-state index contributed by atoms with van der Waals surface area (Å²) in [6.07, 6.45) is -4.03. The molecule has 22 heavy (non-hydrogen) atoms. The number of carbonyl (C=O) groups excluding carboxylic acids is 1. The zero-order valence-corrected chi connectivity index (χ0v) is 12.1. The molecule has 0 amide bonds. The standard InChI is InChI=1S/C15H15F3N2O2/c1-9(2)14(21)8-11-7-13(20-19-11)10-3-5-12(6-4-10)22-15(16,17)18/h3-6,9H,7-8H2,1-2H3. The molecule has 0 saturated carbocycles. The molecule has 2 rings (SSSR count). The van der Waals surface area contributed by atoms with Crippen LogP contribution in [0.15, 0.2) is 34.5 Å². The van der Waals surface area contributed by atoms with Crippen molar-refractivity contribution < 1.29 is 22.7 Å². The highest BCUT2D eigenvalue weighted by molar-refractivity contribution is 6.18. The van der Waals surface area contributed by atoms with Gasteiger partial charge in [0.2, 0.25) is 0 Å². The Labute approximate surface area is 125 Å². The largest absolute Gasteiger partial charge is 0.573 e. The number of hydrogen-bond donors (Lipinski definition) is 0. The summed E-state index contributed by atoms with van der Waals surface area (Å²) in [5.41, 5.74) is 1.96. The number of Topliss-reactive ketones (excluding diaryl/α,β-unsaturated/α-hetero) is 1. The van der Waals surface area contributed by atoms with Gasteiger partial charge >= 0.3 is 6.36 Å². The van der Waals surface area contributed by atoms with Crippen LogP contribution >= 0.6 is 0 Å². The minimum absolute atomic E-state index is 0.0643. The predicted molar refractivity (Wildman–Crippen MR) is 76.2 cm³/mol. The summed E-state index contributed by atoms with van der Waals surface area (Å²) in [5.74, 6) is -0.263. The van der Waals surface area contributed by atoms with Crippen molar-refractivity contribution in [3.05, 3.63) is 29.8 Å². The van der Waals surface area contributed by atoms with Gasteiger partial charge in [0, 0.05) is 18.8 Å². The van der Waals surface area contributed by atoms with Crippen LogP contribution in [0.25, 0.3) is 0 Å². The minimum atomic E-state index is -4.71. The van der Waals surface area contributed by atoms with Crippen molar-refractivity contribution in [1.29, 1.82) is 0 Å². The van der Waals surface area contributed by atoms with E-state index in [0.29, 0.717) is 23.4 Å². The molecule has 0 N–H and O–H groups in total. The molecule has 0 bridgehead atoms. The average molecular weight is 312 g/mol. The van der Waals surface area contributed by atoms with Gasteiger partial charge < -0.3 is 4.74 Å². The van der Waals surface area contributed by atoms with E-state index in [9.17, 15) is 18.0 Å². The van der Waals surface area contributed by atoms with Crippen molar-refractivity contribution in [2.45, 2.75) is 33.1 Å². The summed E-state index contributed by atoms with van der Waals surface area (Å²) in [4.78, 5) is 11.7. The van der Waals surface area contributed by atoms with E-state index >= 15 is 0 Å². The summed E-state index contributed by atoms with van der Waals surface area (Å²) in [6.45, 7) is 3.64. The van der Waals surface area contributed by atoms with E-state index in [1.807, 2.05) is 13.8 Å². The van der Waals surface area contributed by atoms with Crippen LogP contribution in [0.2, 0.25) is 0 Å². The molecule has 1 aliphatic rings. The smallest absolute Gasteiger partial charge is 0.406 e. The van der Waals surface area contributed by atoms with Crippen LogP contribution in [0.5, 0.6) is 5.75 Å². The number of alkyl halides is 3. The molecule has 1 aromatic carbocycles. The summed E-state index contributed by atoms with van der Waals surface area (Å²) >= 11 is 0. The highest BCUT2D eigenvalue weighted by atomic mass is 19.4. The molecule has 0 atom stereocenters. The molecular formula is C15H15F3N2O2.